The molecule has 0 aliphatic carbocycles. The standard InChI is InChI=1S/C23H27F2N5O3S/c1-13-16(6-5-7-18(13)23(3,24)25)14(2)26-21-17-12-19(15-8-10-34(32,33)11-9-15)27-28-20(17)22(31)30(4)29-21/h5-7,12,14-15H,8-11H2,1-4H3,(H,26,29)/t14-/m1/s1. The van der Waals surface area contributed by atoms with E-state index in [9.17, 15) is 22.0 Å². The second-order valence-corrected chi connectivity index (χ2v) is 11.3. The zero-order valence-electron chi connectivity index (χ0n) is 19.5. The van der Waals surface area contributed by atoms with Crippen LogP contribution in [0.1, 0.15) is 61.0 Å². The monoisotopic (exact) mass is 491 g/mol. The molecule has 3 heterocycles. The van der Waals surface area contributed by atoms with Gasteiger partial charge in [0.25, 0.3) is 11.5 Å². The molecular weight excluding hydrogens is 464 g/mol. The van der Waals surface area contributed by atoms with Gasteiger partial charge < -0.3 is 5.32 Å². The van der Waals surface area contributed by atoms with E-state index in [0.717, 1.165) is 11.6 Å². The molecule has 0 amide bonds. The topological polar surface area (TPSA) is 107 Å². The quantitative estimate of drug-likeness (QED) is 0.581. The zero-order valence-corrected chi connectivity index (χ0v) is 20.3. The lowest BCUT2D eigenvalue weighted by Gasteiger charge is -2.23. The molecule has 3 aromatic rings. The molecule has 1 N–H and O–H groups in total. The van der Waals surface area contributed by atoms with Gasteiger partial charge in [0.15, 0.2) is 11.3 Å². The van der Waals surface area contributed by atoms with Gasteiger partial charge in [0.05, 0.1) is 28.6 Å². The maximum atomic E-state index is 14.0. The Bertz CT molecular complexity index is 1400. The van der Waals surface area contributed by atoms with E-state index in [0.29, 0.717) is 40.9 Å². The summed E-state index contributed by atoms with van der Waals surface area (Å²) in [5, 5.41) is 16.4. The number of anilines is 1. The van der Waals surface area contributed by atoms with Crippen molar-refractivity contribution in [1.82, 2.24) is 20.0 Å². The molecule has 0 bridgehead atoms. The summed E-state index contributed by atoms with van der Waals surface area (Å²) >= 11 is 0. The smallest absolute Gasteiger partial charge is 0.295 e. The molecule has 8 nitrogen and oxygen atoms in total. The minimum absolute atomic E-state index is 0.0441. The number of rotatable bonds is 5. The highest BCUT2D eigenvalue weighted by molar-refractivity contribution is 7.91. The third-order valence-corrected chi connectivity index (χ3v) is 8.17. The van der Waals surface area contributed by atoms with Gasteiger partial charge in [-0.3, -0.25) is 4.79 Å². The van der Waals surface area contributed by atoms with Crippen LogP contribution in [0.2, 0.25) is 0 Å². The van der Waals surface area contributed by atoms with Crippen molar-refractivity contribution in [2.24, 2.45) is 7.05 Å². The van der Waals surface area contributed by atoms with E-state index in [1.807, 2.05) is 6.92 Å². The van der Waals surface area contributed by atoms with Crippen LogP contribution in [0.4, 0.5) is 14.6 Å². The molecule has 1 aliphatic heterocycles. The van der Waals surface area contributed by atoms with E-state index in [1.54, 1.807) is 25.1 Å². The van der Waals surface area contributed by atoms with Gasteiger partial charge in [0.1, 0.15) is 9.84 Å². The fourth-order valence-electron chi connectivity index (χ4n) is 4.52. The van der Waals surface area contributed by atoms with E-state index in [1.165, 1.54) is 13.1 Å². The third-order valence-electron chi connectivity index (χ3n) is 6.46. The van der Waals surface area contributed by atoms with Crippen LogP contribution in [0.3, 0.4) is 0 Å². The Kier molecular flexibility index (Phi) is 6.17. The average Bonchev–Trinajstić information content (AvgIpc) is 2.76. The van der Waals surface area contributed by atoms with Crippen LogP contribution >= 0.6 is 0 Å². The highest BCUT2D eigenvalue weighted by Crippen LogP contribution is 2.34. The Morgan fingerprint density at radius 1 is 1.21 bits per heavy atom. The summed E-state index contributed by atoms with van der Waals surface area (Å²) in [5.41, 5.74) is 1.44. The zero-order chi connectivity index (χ0) is 24.8. The van der Waals surface area contributed by atoms with Crippen LogP contribution in [0.25, 0.3) is 10.9 Å². The molecule has 4 rings (SSSR count). The molecule has 1 aliphatic rings. The van der Waals surface area contributed by atoms with Gasteiger partial charge in [-0.05, 0) is 43.9 Å². The van der Waals surface area contributed by atoms with Crippen LogP contribution < -0.4 is 10.9 Å². The molecule has 182 valence electrons. The number of hydrogen-bond acceptors (Lipinski definition) is 7. The predicted molar refractivity (Wildman–Crippen MR) is 126 cm³/mol. The Morgan fingerprint density at radius 3 is 2.53 bits per heavy atom. The van der Waals surface area contributed by atoms with Crippen LogP contribution in [-0.4, -0.2) is 39.9 Å². The second kappa shape index (κ2) is 8.68. The van der Waals surface area contributed by atoms with Crippen molar-refractivity contribution in [2.75, 3.05) is 16.8 Å². The van der Waals surface area contributed by atoms with Crippen molar-refractivity contribution in [3.63, 3.8) is 0 Å². The lowest BCUT2D eigenvalue weighted by Crippen LogP contribution is -2.25. The molecule has 0 saturated carbocycles. The maximum absolute atomic E-state index is 14.0. The first-order valence-electron chi connectivity index (χ1n) is 11.1. The SMILES string of the molecule is Cc1c([C@@H](C)Nc2nn(C)c(=O)c3nnc(C4CCS(=O)(=O)CC4)cc23)cccc1C(C)(F)F. The highest BCUT2D eigenvalue weighted by Gasteiger charge is 2.29. The third kappa shape index (κ3) is 4.66. The fraction of sp³-hybridized carbons (Fsp3) is 0.478. The van der Waals surface area contributed by atoms with Crippen LogP contribution in [0, 0.1) is 6.92 Å². The van der Waals surface area contributed by atoms with Crippen molar-refractivity contribution in [1.29, 1.82) is 0 Å². The maximum Gasteiger partial charge on any atom is 0.295 e. The van der Waals surface area contributed by atoms with Crippen molar-refractivity contribution in [3.05, 3.63) is 57.0 Å². The Morgan fingerprint density at radius 2 is 1.88 bits per heavy atom. The van der Waals surface area contributed by atoms with Gasteiger partial charge in [-0.1, -0.05) is 18.2 Å². The number of aromatic nitrogens is 4. The average molecular weight is 492 g/mol. The molecule has 0 radical (unpaired) electrons. The van der Waals surface area contributed by atoms with Crippen LogP contribution in [-0.2, 0) is 22.8 Å². The molecule has 11 heteroatoms. The summed E-state index contributed by atoms with van der Waals surface area (Å²) in [4.78, 5) is 12.6. The molecule has 1 atom stereocenters. The molecular formula is C23H27F2N5O3S. The highest BCUT2D eigenvalue weighted by atomic mass is 32.2. The Balaban J connectivity index is 1.74. The number of hydrogen-bond donors (Lipinski definition) is 1. The molecule has 0 unspecified atom stereocenters. The molecule has 34 heavy (non-hydrogen) atoms. The number of nitrogens with one attached hydrogen (secondary N) is 1. The molecule has 1 aromatic carbocycles. The number of alkyl halides is 2. The lowest BCUT2D eigenvalue weighted by atomic mass is 9.94. The summed E-state index contributed by atoms with van der Waals surface area (Å²) in [6, 6.07) is 6.13. The van der Waals surface area contributed by atoms with E-state index < -0.39 is 27.4 Å². The Hall–Kier alpha value is -2.95. The van der Waals surface area contributed by atoms with Crippen molar-refractivity contribution in [3.8, 4) is 0 Å². The minimum Gasteiger partial charge on any atom is -0.362 e. The van der Waals surface area contributed by atoms with Gasteiger partial charge in [0.2, 0.25) is 0 Å². The number of fused-ring (bicyclic) bond motifs is 1. The van der Waals surface area contributed by atoms with Gasteiger partial charge in [-0.15, -0.1) is 5.10 Å². The summed E-state index contributed by atoms with van der Waals surface area (Å²) < 4.78 is 52.8. The Labute approximate surface area is 196 Å². The molecule has 0 spiro atoms. The number of nitrogens with zero attached hydrogens (tertiary/aromatic N) is 4. The van der Waals surface area contributed by atoms with Gasteiger partial charge in [0, 0.05) is 25.5 Å². The van der Waals surface area contributed by atoms with E-state index >= 15 is 0 Å². The first kappa shape index (κ1) is 24.2. The molecule has 1 fully saturated rings. The van der Waals surface area contributed by atoms with Crippen LogP contribution in [0.15, 0.2) is 29.1 Å². The van der Waals surface area contributed by atoms with E-state index in [2.05, 4.69) is 20.6 Å². The van der Waals surface area contributed by atoms with Gasteiger partial charge in [-0.2, -0.15) is 10.2 Å². The van der Waals surface area contributed by atoms with Gasteiger partial charge in [-0.25, -0.2) is 21.9 Å². The minimum atomic E-state index is -3.03. The van der Waals surface area contributed by atoms with Crippen molar-refractivity contribution < 1.29 is 17.2 Å². The fourth-order valence-corrected chi connectivity index (χ4v) is 6.01. The number of sulfone groups is 1. The lowest BCUT2D eigenvalue weighted by molar-refractivity contribution is 0.0167. The largest absolute Gasteiger partial charge is 0.362 e. The van der Waals surface area contributed by atoms with Crippen molar-refractivity contribution >= 4 is 26.6 Å². The summed E-state index contributed by atoms with van der Waals surface area (Å²) in [5.74, 6) is -2.50. The summed E-state index contributed by atoms with van der Waals surface area (Å²) in [6.45, 7) is 4.36. The van der Waals surface area contributed by atoms with Crippen LogP contribution in [0.5, 0.6) is 0 Å². The summed E-state index contributed by atoms with van der Waals surface area (Å²) in [7, 11) is -1.53. The molecule has 1 saturated heterocycles. The number of aryl methyl sites for hydroxylation is 1. The van der Waals surface area contributed by atoms with Gasteiger partial charge >= 0.3 is 0 Å². The van der Waals surface area contributed by atoms with Crippen molar-refractivity contribution in [2.45, 2.75) is 51.5 Å². The van der Waals surface area contributed by atoms with E-state index in [4.69, 9.17) is 0 Å². The summed E-state index contributed by atoms with van der Waals surface area (Å²) in [6.07, 6.45) is 0.883. The number of halogens is 2. The second-order valence-electron chi connectivity index (χ2n) is 9.01. The number of benzene rings is 1. The first-order valence-corrected chi connectivity index (χ1v) is 12.9. The molecule has 2 aromatic heterocycles. The predicted octanol–water partition coefficient (Wildman–Crippen LogP) is 3.61. The normalized spacial score (nSPS) is 17.6. The van der Waals surface area contributed by atoms with E-state index in [-0.39, 0.29) is 28.5 Å². The first-order chi connectivity index (χ1) is 15.9.